The van der Waals surface area contributed by atoms with E-state index in [-0.39, 0.29) is 6.10 Å². The van der Waals surface area contributed by atoms with Gasteiger partial charge in [0, 0.05) is 10.0 Å². The topological polar surface area (TPSA) is 64.4 Å². The smallest absolute Gasteiger partial charge is 0.412 e. The molecule has 0 spiro atoms. The van der Waals surface area contributed by atoms with E-state index in [9.17, 15) is 4.79 Å². The lowest BCUT2D eigenvalue weighted by Crippen LogP contribution is -2.17. The Morgan fingerprint density at radius 1 is 1.19 bits per heavy atom. The van der Waals surface area contributed by atoms with Crippen LogP contribution in [-0.4, -0.2) is 11.2 Å². The van der Waals surface area contributed by atoms with Crippen molar-refractivity contribution in [3.63, 3.8) is 0 Å². The zero-order valence-electron chi connectivity index (χ0n) is 14.5. The second-order valence-corrected chi connectivity index (χ2v) is 6.69. The van der Waals surface area contributed by atoms with Gasteiger partial charge in [-0.3, -0.25) is 5.32 Å². The average Bonchev–Trinajstić information content (AvgIpc) is 3.05. The van der Waals surface area contributed by atoms with Crippen molar-refractivity contribution in [1.29, 1.82) is 0 Å². The van der Waals surface area contributed by atoms with Crippen LogP contribution in [0.1, 0.15) is 31.2 Å². The molecule has 3 rings (SSSR count). The maximum absolute atomic E-state index is 12.4. The fourth-order valence-corrected chi connectivity index (χ4v) is 2.84. The molecule has 0 aliphatic rings. The molecule has 2 aromatic carbocycles. The molecule has 0 bridgehead atoms. The summed E-state index contributed by atoms with van der Waals surface area (Å²) in [5, 5.41) is 6.86. The van der Waals surface area contributed by atoms with Gasteiger partial charge in [0.25, 0.3) is 0 Å². The van der Waals surface area contributed by atoms with Crippen molar-refractivity contribution in [2.45, 2.75) is 26.4 Å². The second kappa shape index (κ2) is 8.19. The van der Waals surface area contributed by atoms with Crippen molar-refractivity contribution in [1.82, 2.24) is 5.16 Å². The molecule has 0 radical (unpaired) electrons. The minimum absolute atomic E-state index is 0.364. The van der Waals surface area contributed by atoms with Crippen LogP contribution in [0.3, 0.4) is 0 Å². The summed E-state index contributed by atoms with van der Waals surface area (Å²) >= 11 is 3.41. The predicted octanol–water partition coefficient (Wildman–Crippen LogP) is 5.98. The van der Waals surface area contributed by atoms with Crippen LogP contribution < -0.4 is 5.32 Å². The van der Waals surface area contributed by atoms with Gasteiger partial charge in [0.05, 0.1) is 0 Å². The Morgan fingerprint density at radius 2 is 1.88 bits per heavy atom. The van der Waals surface area contributed by atoms with Crippen LogP contribution >= 0.6 is 15.9 Å². The third-order valence-electron chi connectivity index (χ3n) is 3.98. The van der Waals surface area contributed by atoms with Crippen molar-refractivity contribution in [2.24, 2.45) is 0 Å². The molecule has 1 atom stereocenters. The largest absolute Gasteiger partial charge is 0.441 e. The predicted molar refractivity (Wildman–Crippen MR) is 104 cm³/mol. The number of aromatic nitrogens is 1. The van der Waals surface area contributed by atoms with Crippen LogP contribution in [0.15, 0.2) is 63.6 Å². The molecule has 26 heavy (non-hydrogen) atoms. The third kappa shape index (κ3) is 4.14. The van der Waals surface area contributed by atoms with E-state index in [1.165, 1.54) is 0 Å². The number of ether oxygens (including phenoxy) is 1. The van der Waals surface area contributed by atoms with Gasteiger partial charge in [0.2, 0.25) is 0 Å². The summed E-state index contributed by atoms with van der Waals surface area (Å²) in [6.07, 6.45) is -0.279. The molecule has 3 aromatic rings. The SMILES string of the molecule is CCc1noc(-c2ccc(Br)cc2)c1NC(=O)O[C@H](C)c1ccccc1. The average molecular weight is 415 g/mol. The van der Waals surface area contributed by atoms with Gasteiger partial charge in [-0.2, -0.15) is 0 Å². The summed E-state index contributed by atoms with van der Waals surface area (Å²) in [7, 11) is 0. The highest BCUT2D eigenvalue weighted by atomic mass is 79.9. The number of aryl methyl sites for hydroxylation is 1. The van der Waals surface area contributed by atoms with E-state index in [0.717, 1.165) is 15.6 Å². The number of benzene rings is 2. The summed E-state index contributed by atoms with van der Waals surface area (Å²) in [4.78, 5) is 12.4. The Morgan fingerprint density at radius 3 is 2.54 bits per heavy atom. The maximum atomic E-state index is 12.4. The summed E-state index contributed by atoms with van der Waals surface area (Å²) in [6.45, 7) is 3.78. The fraction of sp³-hybridized carbons (Fsp3) is 0.200. The monoisotopic (exact) mass is 414 g/mol. The van der Waals surface area contributed by atoms with Crippen molar-refractivity contribution in [3.05, 3.63) is 70.3 Å². The molecule has 0 fully saturated rings. The van der Waals surface area contributed by atoms with Gasteiger partial charge in [-0.25, -0.2) is 4.79 Å². The van der Waals surface area contributed by atoms with E-state index in [1.54, 1.807) is 0 Å². The quantitative estimate of drug-likeness (QED) is 0.557. The number of nitrogens with zero attached hydrogens (tertiary/aromatic N) is 1. The van der Waals surface area contributed by atoms with Crippen LogP contribution in [-0.2, 0) is 11.2 Å². The summed E-state index contributed by atoms with van der Waals surface area (Å²) in [5.74, 6) is 0.513. The first-order valence-corrected chi connectivity index (χ1v) is 9.14. The first-order chi connectivity index (χ1) is 12.6. The third-order valence-corrected chi connectivity index (χ3v) is 4.51. The molecule has 1 aromatic heterocycles. The highest BCUT2D eigenvalue weighted by Gasteiger charge is 2.20. The molecule has 0 saturated heterocycles. The lowest BCUT2D eigenvalue weighted by atomic mass is 10.1. The summed E-state index contributed by atoms with van der Waals surface area (Å²) in [5.41, 5.74) is 2.97. The van der Waals surface area contributed by atoms with E-state index in [0.29, 0.717) is 23.6 Å². The van der Waals surface area contributed by atoms with E-state index in [1.807, 2.05) is 68.4 Å². The second-order valence-electron chi connectivity index (χ2n) is 5.78. The molecule has 0 unspecified atom stereocenters. The van der Waals surface area contributed by atoms with Gasteiger partial charge < -0.3 is 9.26 Å². The molecule has 6 heteroatoms. The van der Waals surface area contributed by atoms with E-state index < -0.39 is 6.09 Å². The number of hydrogen-bond donors (Lipinski definition) is 1. The number of nitrogens with one attached hydrogen (secondary N) is 1. The van der Waals surface area contributed by atoms with Crippen LogP contribution in [0.4, 0.5) is 10.5 Å². The molecular formula is C20H19BrN2O3. The molecule has 134 valence electrons. The van der Waals surface area contributed by atoms with Gasteiger partial charge >= 0.3 is 6.09 Å². The lowest BCUT2D eigenvalue weighted by molar-refractivity contribution is 0.121. The molecule has 5 nitrogen and oxygen atoms in total. The molecule has 0 aliphatic carbocycles. The van der Waals surface area contributed by atoms with Crippen LogP contribution in [0.25, 0.3) is 11.3 Å². The van der Waals surface area contributed by atoms with Gasteiger partial charge in [0.1, 0.15) is 17.5 Å². The number of anilines is 1. The Kier molecular flexibility index (Phi) is 5.73. The Hall–Kier alpha value is -2.60. The number of amides is 1. The van der Waals surface area contributed by atoms with E-state index in [4.69, 9.17) is 9.26 Å². The van der Waals surface area contributed by atoms with Crippen molar-refractivity contribution in [2.75, 3.05) is 5.32 Å². The van der Waals surface area contributed by atoms with Crippen LogP contribution in [0.2, 0.25) is 0 Å². The van der Waals surface area contributed by atoms with Gasteiger partial charge in [-0.1, -0.05) is 58.3 Å². The molecule has 1 heterocycles. The molecule has 0 saturated carbocycles. The number of carbonyl (C=O) groups is 1. The number of halogens is 1. The first kappa shape index (κ1) is 18.2. The van der Waals surface area contributed by atoms with E-state index in [2.05, 4.69) is 26.4 Å². The zero-order valence-corrected chi connectivity index (χ0v) is 16.1. The van der Waals surface area contributed by atoms with Crippen LogP contribution in [0, 0.1) is 0 Å². The normalized spacial score (nSPS) is 11.8. The molecular weight excluding hydrogens is 396 g/mol. The number of carbonyl (C=O) groups excluding carboxylic acids is 1. The Labute approximate surface area is 160 Å². The lowest BCUT2D eigenvalue weighted by Gasteiger charge is -2.14. The molecule has 0 aliphatic heterocycles. The summed E-state index contributed by atoms with van der Waals surface area (Å²) < 4.78 is 11.9. The van der Waals surface area contributed by atoms with Crippen LogP contribution in [0.5, 0.6) is 0 Å². The van der Waals surface area contributed by atoms with Crippen molar-refractivity contribution < 1.29 is 14.1 Å². The molecule has 1 N–H and O–H groups in total. The van der Waals surface area contributed by atoms with Gasteiger partial charge in [0.15, 0.2) is 5.76 Å². The van der Waals surface area contributed by atoms with Crippen molar-refractivity contribution >= 4 is 27.7 Å². The van der Waals surface area contributed by atoms with E-state index >= 15 is 0 Å². The number of hydrogen-bond acceptors (Lipinski definition) is 4. The van der Waals surface area contributed by atoms with Crippen molar-refractivity contribution in [3.8, 4) is 11.3 Å². The maximum Gasteiger partial charge on any atom is 0.412 e. The zero-order chi connectivity index (χ0) is 18.5. The number of rotatable bonds is 5. The Bertz CT molecular complexity index is 876. The fourth-order valence-electron chi connectivity index (χ4n) is 2.58. The molecule has 1 amide bonds. The standard InChI is InChI=1S/C20H19BrN2O3/c1-3-17-18(19(26-23-17)15-9-11-16(21)12-10-15)22-20(24)25-13(2)14-7-5-4-6-8-14/h4-13H,3H2,1-2H3,(H,22,24)/t13-/m1/s1. The van der Waals surface area contributed by atoms with Gasteiger partial charge in [-0.05, 0) is 43.2 Å². The minimum atomic E-state index is -0.544. The minimum Gasteiger partial charge on any atom is -0.441 e. The Balaban J connectivity index is 1.79. The first-order valence-electron chi connectivity index (χ1n) is 8.35. The highest BCUT2D eigenvalue weighted by Crippen LogP contribution is 2.32. The summed E-state index contributed by atoms with van der Waals surface area (Å²) in [6, 6.07) is 17.2. The highest BCUT2D eigenvalue weighted by molar-refractivity contribution is 9.10. The van der Waals surface area contributed by atoms with Gasteiger partial charge in [-0.15, -0.1) is 0 Å².